The van der Waals surface area contributed by atoms with E-state index in [4.69, 9.17) is 5.11 Å². The number of amides is 1. The number of hydrogen-bond donors (Lipinski definition) is 2. The molecule has 1 aliphatic carbocycles. The zero-order valence-electron chi connectivity index (χ0n) is 15.1. The highest BCUT2D eigenvalue weighted by Gasteiger charge is 2.37. The summed E-state index contributed by atoms with van der Waals surface area (Å²) in [5.74, 6) is -1.37. The number of hydrogen-bond acceptors (Lipinski definition) is 4. The highest BCUT2D eigenvalue weighted by Crippen LogP contribution is 2.42. The minimum atomic E-state index is -4.48. The molecular weight excluding hydrogens is 379 g/mol. The van der Waals surface area contributed by atoms with Crippen molar-refractivity contribution in [3.63, 3.8) is 0 Å². The van der Waals surface area contributed by atoms with Gasteiger partial charge in [0.2, 0.25) is 0 Å². The van der Waals surface area contributed by atoms with Crippen LogP contribution in [0.2, 0.25) is 0 Å². The lowest BCUT2D eigenvalue weighted by atomic mass is 10.2. The number of aryl methyl sites for hydroxylation is 1. The number of aromatic nitrogens is 4. The number of carboxylic acids is 1. The van der Waals surface area contributed by atoms with Crippen molar-refractivity contribution in [2.24, 2.45) is 0 Å². The van der Waals surface area contributed by atoms with Crippen LogP contribution in [0.15, 0.2) is 18.5 Å². The van der Waals surface area contributed by atoms with E-state index in [1.165, 1.54) is 28.7 Å². The van der Waals surface area contributed by atoms with Crippen molar-refractivity contribution in [1.29, 1.82) is 0 Å². The van der Waals surface area contributed by atoms with Crippen LogP contribution in [0.5, 0.6) is 0 Å². The predicted octanol–water partition coefficient (Wildman–Crippen LogP) is 2.44. The van der Waals surface area contributed by atoms with Crippen LogP contribution in [-0.4, -0.2) is 43.1 Å². The molecule has 28 heavy (non-hydrogen) atoms. The largest absolute Gasteiger partial charge is 0.480 e. The van der Waals surface area contributed by atoms with Crippen molar-refractivity contribution in [2.75, 3.05) is 6.54 Å². The van der Waals surface area contributed by atoms with E-state index in [0.717, 1.165) is 18.9 Å². The molecule has 2 aromatic heterocycles. The van der Waals surface area contributed by atoms with Crippen LogP contribution < -0.4 is 5.32 Å². The Balaban J connectivity index is 1.53. The summed E-state index contributed by atoms with van der Waals surface area (Å²) in [6.07, 6.45) is 0.253. The average molecular weight is 399 g/mol. The topological polar surface area (TPSA) is 102 Å². The van der Waals surface area contributed by atoms with Gasteiger partial charge in [0.1, 0.15) is 6.04 Å². The number of carboxylic acid groups (broad SMARTS) is 1. The number of rotatable bonds is 8. The molecule has 1 unspecified atom stereocenters. The van der Waals surface area contributed by atoms with Crippen LogP contribution in [0.1, 0.15) is 59.9 Å². The second kappa shape index (κ2) is 7.64. The number of alkyl halides is 3. The van der Waals surface area contributed by atoms with Gasteiger partial charge in [-0.15, -0.1) is 0 Å². The predicted molar refractivity (Wildman–Crippen MR) is 90.7 cm³/mol. The molecule has 0 bridgehead atoms. The Morgan fingerprint density at radius 2 is 2.11 bits per heavy atom. The molecule has 1 atom stereocenters. The molecule has 2 aromatic rings. The summed E-state index contributed by atoms with van der Waals surface area (Å²) in [5.41, 5.74) is -0.0915. The molecule has 2 heterocycles. The summed E-state index contributed by atoms with van der Waals surface area (Å²) in [6.45, 7) is 1.94. The van der Waals surface area contributed by atoms with E-state index in [1.54, 1.807) is 0 Å². The lowest BCUT2D eigenvalue weighted by Gasteiger charge is -2.08. The fourth-order valence-electron chi connectivity index (χ4n) is 2.77. The molecule has 8 nitrogen and oxygen atoms in total. The zero-order valence-corrected chi connectivity index (χ0v) is 15.1. The van der Waals surface area contributed by atoms with Crippen LogP contribution in [0, 0.1) is 0 Å². The van der Waals surface area contributed by atoms with Gasteiger partial charge in [0.15, 0.2) is 5.69 Å². The summed E-state index contributed by atoms with van der Waals surface area (Å²) in [5, 5.41) is 19.1. The zero-order chi connectivity index (χ0) is 20.5. The second-order valence-corrected chi connectivity index (χ2v) is 6.78. The van der Waals surface area contributed by atoms with Crippen LogP contribution >= 0.6 is 0 Å². The standard InChI is InChI=1S/C17H20F3N5O3/c1-10(16(27)28)25-9-12(8-22-25)15(26)21-5-2-6-24-13(11-3-4-11)7-14(23-24)17(18,19)20/h7-11H,2-6H2,1H3,(H,21,26)(H,27,28). The molecule has 1 saturated carbocycles. The van der Waals surface area contributed by atoms with Crippen LogP contribution in [0.3, 0.4) is 0 Å². The van der Waals surface area contributed by atoms with E-state index in [1.807, 2.05) is 0 Å². The van der Waals surface area contributed by atoms with Gasteiger partial charge in [-0.3, -0.25) is 14.2 Å². The minimum absolute atomic E-state index is 0.125. The summed E-state index contributed by atoms with van der Waals surface area (Å²) < 4.78 is 41.2. The van der Waals surface area contributed by atoms with Gasteiger partial charge in [0.05, 0.1) is 11.8 Å². The van der Waals surface area contributed by atoms with Gasteiger partial charge in [-0.1, -0.05) is 0 Å². The number of nitrogens with zero attached hydrogens (tertiary/aromatic N) is 4. The Morgan fingerprint density at radius 3 is 2.71 bits per heavy atom. The number of halogens is 3. The van der Waals surface area contributed by atoms with Crippen LogP contribution in [0.25, 0.3) is 0 Å². The van der Waals surface area contributed by atoms with E-state index in [9.17, 15) is 22.8 Å². The third-order valence-electron chi connectivity index (χ3n) is 4.55. The Labute approximate surface area is 158 Å². The van der Waals surface area contributed by atoms with Crippen LogP contribution in [0.4, 0.5) is 13.2 Å². The SMILES string of the molecule is CC(C(=O)O)n1cc(C(=O)NCCCn2nc(C(F)(F)F)cc2C2CC2)cn1. The number of carbonyl (C=O) groups is 2. The van der Waals surface area contributed by atoms with Crippen molar-refractivity contribution >= 4 is 11.9 Å². The third-order valence-corrected chi connectivity index (χ3v) is 4.55. The molecule has 2 N–H and O–H groups in total. The van der Waals surface area contributed by atoms with Crippen molar-refractivity contribution in [2.45, 2.75) is 50.9 Å². The normalized spacial score (nSPS) is 15.4. The minimum Gasteiger partial charge on any atom is -0.480 e. The first-order chi connectivity index (χ1) is 13.2. The van der Waals surface area contributed by atoms with Gasteiger partial charge in [0, 0.05) is 30.9 Å². The maximum absolute atomic E-state index is 12.9. The summed E-state index contributed by atoms with van der Waals surface area (Å²) in [6, 6.07) is 0.207. The monoisotopic (exact) mass is 399 g/mol. The molecule has 11 heteroatoms. The van der Waals surface area contributed by atoms with Crippen molar-refractivity contribution in [3.8, 4) is 0 Å². The fraction of sp³-hybridized carbons (Fsp3) is 0.529. The summed E-state index contributed by atoms with van der Waals surface area (Å²) in [4.78, 5) is 23.0. The van der Waals surface area contributed by atoms with Gasteiger partial charge in [-0.25, -0.2) is 4.79 Å². The van der Waals surface area contributed by atoms with E-state index in [0.29, 0.717) is 12.1 Å². The molecular formula is C17H20F3N5O3. The van der Waals surface area contributed by atoms with Gasteiger partial charge in [-0.2, -0.15) is 23.4 Å². The molecule has 152 valence electrons. The van der Waals surface area contributed by atoms with Gasteiger partial charge in [-0.05, 0) is 32.3 Å². The number of aliphatic carboxylic acids is 1. The van der Waals surface area contributed by atoms with Gasteiger partial charge in [0.25, 0.3) is 5.91 Å². The third kappa shape index (κ3) is 4.52. The van der Waals surface area contributed by atoms with Gasteiger partial charge >= 0.3 is 12.1 Å². The lowest BCUT2D eigenvalue weighted by Crippen LogP contribution is -2.25. The van der Waals surface area contributed by atoms with E-state index in [2.05, 4.69) is 15.5 Å². The number of carbonyl (C=O) groups excluding carboxylic acids is 1. The van der Waals surface area contributed by atoms with Crippen molar-refractivity contribution in [3.05, 3.63) is 35.4 Å². The van der Waals surface area contributed by atoms with Crippen molar-refractivity contribution in [1.82, 2.24) is 24.9 Å². The van der Waals surface area contributed by atoms with Crippen molar-refractivity contribution < 1.29 is 27.9 Å². The Bertz CT molecular complexity index is 870. The average Bonchev–Trinajstić information content (AvgIpc) is 3.18. The highest BCUT2D eigenvalue weighted by atomic mass is 19.4. The Kier molecular flexibility index (Phi) is 5.43. The molecule has 0 aromatic carbocycles. The quantitative estimate of drug-likeness (QED) is 0.664. The maximum atomic E-state index is 12.9. The van der Waals surface area contributed by atoms with Crippen LogP contribution in [-0.2, 0) is 17.5 Å². The molecule has 1 amide bonds. The molecule has 0 spiro atoms. The highest BCUT2D eigenvalue weighted by molar-refractivity contribution is 5.93. The first-order valence-corrected chi connectivity index (χ1v) is 8.87. The van der Waals surface area contributed by atoms with E-state index >= 15 is 0 Å². The Hall–Kier alpha value is -2.85. The fourth-order valence-corrected chi connectivity index (χ4v) is 2.77. The first kappa shape index (κ1) is 19.9. The smallest absolute Gasteiger partial charge is 0.435 e. The molecule has 3 rings (SSSR count). The molecule has 0 radical (unpaired) electrons. The second-order valence-electron chi connectivity index (χ2n) is 6.78. The molecule has 0 aliphatic heterocycles. The summed E-state index contributed by atoms with van der Waals surface area (Å²) in [7, 11) is 0. The Morgan fingerprint density at radius 1 is 1.39 bits per heavy atom. The van der Waals surface area contributed by atoms with Gasteiger partial charge < -0.3 is 10.4 Å². The lowest BCUT2D eigenvalue weighted by molar-refractivity contribution is -0.142. The van der Waals surface area contributed by atoms with E-state index in [-0.39, 0.29) is 24.6 Å². The molecule has 0 saturated heterocycles. The molecule has 1 fully saturated rings. The first-order valence-electron chi connectivity index (χ1n) is 8.87. The summed E-state index contributed by atoms with van der Waals surface area (Å²) >= 11 is 0. The maximum Gasteiger partial charge on any atom is 0.435 e. The van der Waals surface area contributed by atoms with E-state index < -0.39 is 29.8 Å². The molecule has 1 aliphatic rings. The number of nitrogens with one attached hydrogen (secondary N) is 1.